The molecule has 0 saturated heterocycles. The highest BCUT2D eigenvalue weighted by Crippen LogP contribution is 2.53. The molecule has 0 radical (unpaired) electrons. The molecule has 2 fully saturated rings. The van der Waals surface area contributed by atoms with Gasteiger partial charge in [0.1, 0.15) is 54.8 Å². The molecule has 0 bridgehead atoms. The van der Waals surface area contributed by atoms with Gasteiger partial charge < -0.3 is 49.5 Å². The molecule has 88 heavy (non-hydrogen) atoms. The van der Waals surface area contributed by atoms with Crippen LogP contribution in [0.4, 0.5) is 5.82 Å². The van der Waals surface area contributed by atoms with Crippen LogP contribution in [0, 0.1) is 68.5 Å². The normalized spacial score (nSPS) is 23.0. The van der Waals surface area contributed by atoms with Gasteiger partial charge in [-0.05, 0) is 128 Å². The van der Waals surface area contributed by atoms with Gasteiger partial charge in [0.15, 0.2) is 0 Å². The molecular formula is C69H110N4O14S. The molecule has 19 heteroatoms. The van der Waals surface area contributed by atoms with Crippen molar-refractivity contribution in [3.8, 4) is 0 Å². The molecule has 1 aliphatic heterocycles. The number of carboxylic acid groups (broad SMARTS) is 2. The van der Waals surface area contributed by atoms with Gasteiger partial charge in [0.25, 0.3) is 0 Å². The van der Waals surface area contributed by atoms with E-state index in [1.807, 2.05) is 27.7 Å². The van der Waals surface area contributed by atoms with Crippen molar-refractivity contribution in [2.24, 2.45) is 73.5 Å². The van der Waals surface area contributed by atoms with Crippen molar-refractivity contribution < 1.29 is 67.5 Å². The van der Waals surface area contributed by atoms with E-state index in [4.69, 9.17) is 38.9 Å². The number of aliphatic imine (C=N–C) groups is 1. The molecule has 2 amide bonds. The lowest BCUT2D eigenvalue weighted by Gasteiger charge is -2.51. The van der Waals surface area contributed by atoms with Crippen LogP contribution in [0.25, 0.3) is 6.08 Å². The number of anilines is 1. The number of aliphatic carboxylic acids is 2. The zero-order chi connectivity index (χ0) is 66.8. The lowest BCUT2D eigenvalue weighted by atomic mass is 9.58. The number of H-pyrrole nitrogens is 1. The summed E-state index contributed by atoms with van der Waals surface area (Å²) in [6.07, 6.45) is 6.80. The first kappa shape index (κ1) is 75.2. The Kier molecular flexibility index (Phi) is 26.6. The topological polar surface area (TPSA) is 258 Å². The molecule has 0 aromatic carbocycles. The molecule has 1 aromatic rings. The number of aromatic nitrogens is 1. The monoisotopic (exact) mass is 1250 g/mol. The number of nitrogens with zero attached hydrogens (tertiary/aromatic N) is 1. The number of nitrogens with one attached hydrogen (secondary N) is 3. The van der Waals surface area contributed by atoms with Crippen LogP contribution in [0.5, 0.6) is 0 Å². The predicted octanol–water partition coefficient (Wildman–Crippen LogP) is 13.9. The third-order valence-corrected chi connectivity index (χ3v) is 18.7. The standard InChI is InChI=1S/C69H110N4O14S/c1-38(2)52-48(35-49-53(39(3)4)55(59(71-49)73-64(82)69(20,21)22)63(81)87-57-46(67(14,15)16)33-43(34-47(57)68(17,18)19)26-24-28-84-37-51(76)77)70-58(72-60(78)41(7)88-30-29-85-61(79)40(5)6)54(52)62(80)86-56-44(65(8,9)10)31-42(32-45(56)66(11,12)13)25-23-27-83-36-50(74)75/h35,38-39,41-47,56-57,70H,5,23-34,36-37H2,1-4,6-22H3,(H,72,78)(H,74,75)(H,76,77)(H,71,73,82). The second-order valence-corrected chi connectivity index (χ2v) is 32.3. The van der Waals surface area contributed by atoms with E-state index < -0.39 is 58.6 Å². The minimum absolute atomic E-state index is 0.0463. The molecule has 2 heterocycles. The smallest absolute Gasteiger partial charge is 0.342 e. The fourth-order valence-corrected chi connectivity index (χ4v) is 13.5. The Bertz CT molecular complexity index is 2710. The Morgan fingerprint density at radius 3 is 1.49 bits per heavy atom. The largest absolute Gasteiger partial charge is 0.480 e. The molecule has 18 nitrogen and oxygen atoms in total. The van der Waals surface area contributed by atoms with E-state index >= 15 is 9.59 Å². The number of esters is 3. The van der Waals surface area contributed by atoms with Crippen molar-refractivity contribution in [3.63, 3.8) is 0 Å². The zero-order valence-corrected chi connectivity index (χ0v) is 58.0. The van der Waals surface area contributed by atoms with E-state index in [1.54, 1.807) is 40.7 Å². The molecule has 0 spiro atoms. The highest BCUT2D eigenvalue weighted by atomic mass is 32.2. The van der Waals surface area contributed by atoms with Crippen molar-refractivity contribution >= 4 is 71.2 Å². The summed E-state index contributed by atoms with van der Waals surface area (Å²) < 4.78 is 30.1. The molecule has 4 rings (SSSR count). The van der Waals surface area contributed by atoms with E-state index in [-0.39, 0.29) is 123 Å². The van der Waals surface area contributed by atoms with Gasteiger partial charge in [-0.25, -0.2) is 29.0 Å². The van der Waals surface area contributed by atoms with Crippen LogP contribution in [0.1, 0.15) is 224 Å². The van der Waals surface area contributed by atoms with Crippen molar-refractivity contribution in [2.45, 2.75) is 220 Å². The Morgan fingerprint density at radius 2 is 1.10 bits per heavy atom. The summed E-state index contributed by atoms with van der Waals surface area (Å²) in [5.74, 6) is -4.64. The van der Waals surface area contributed by atoms with Gasteiger partial charge >= 0.3 is 29.8 Å². The van der Waals surface area contributed by atoms with Gasteiger partial charge in [0.2, 0.25) is 11.8 Å². The van der Waals surface area contributed by atoms with Crippen molar-refractivity contribution in [1.82, 2.24) is 10.3 Å². The van der Waals surface area contributed by atoms with Gasteiger partial charge in [-0.1, -0.05) is 138 Å². The van der Waals surface area contributed by atoms with Gasteiger partial charge in [-0.2, -0.15) is 0 Å². The number of aromatic amines is 1. The van der Waals surface area contributed by atoms with Crippen LogP contribution in [-0.4, -0.2) is 119 Å². The third-order valence-electron chi connectivity index (χ3n) is 17.6. The summed E-state index contributed by atoms with van der Waals surface area (Å²) in [5.41, 5.74) is 0.254. The first-order valence-corrected chi connectivity index (χ1v) is 32.9. The molecular weight excluding hydrogens is 1140 g/mol. The molecule has 2 aliphatic carbocycles. The Hall–Kier alpha value is -5.27. The quantitative estimate of drug-likeness (QED) is 0.0250. The van der Waals surface area contributed by atoms with E-state index in [9.17, 15) is 24.0 Å². The molecule has 496 valence electrons. The number of carbonyl (C=O) groups is 7. The van der Waals surface area contributed by atoms with Gasteiger partial charge in [-0.15, -0.1) is 11.8 Å². The Morgan fingerprint density at radius 1 is 0.659 bits per heavy atom. The van der Waals surface area contributed by atoms with Crippen LogP contribution < -0.4 is 10.6 Å². The predicted molar refractivity (Wildman–Crippen MR) is 348 cm³/mol. The second-order valence-electron chi connectivity index (χ2n) is 30.9. The van der Waals surface area contributed by atoms with Crippen LogP contribution in [0.3, 0.4) is 0 Å². The number of amidine groups is 1. The molecule has 5 unspecified atom stereocenters. The first-order valence-electron chi connectivity index (χ1n) is 31.8. The van der Waals surface area contributed by atoms with Crippen molar-refractivity contribution in [2.75, 3.05) is 44.1 Å². The van der Waals surface area contributed by atoms with E-state index in [0.29, 0.717) is 54.3 Å². The number of allylic oxidation sites excluding steroid dienone is 1. The second kappa shape index (κ2) is 31.2. The van der Waals surface area contributed by atoms with Crippen LogP contribution in [0.15, 0.2) is 34.0 Å². The SMILES string of the molecule is C=C(C)C(=O)OCCSC(C)C(=O)Nc1[nH]c(C=C2N=C(NC(=O)C(C)(C)C)C(C(=O)OC3C(C(C)(C)C)CC(CCCOCC(=O)O)CC3C(C)(C)C)=C2C(C)C)c(C(C)C)c1C(=O)OC1C(C(C)(C)C)CC(CCCOCC(=O)O)CC1C(C)(C)C. The maximum Gasteiger partial charge on any atom is 0.342 e. The van der Waals surface area contributed by atoms with Crippen LogP contribution in [0.2, 0.25) is 0 Å². The Balaban J connectivity index is 1.96. The lowest BCUT2D eigenvalue weighted by molar-refractivity contribution is -0.165. The highest BCUT2D eigenvalue weighted by Gasteiger charge is 2.51. The fourth-order valence-electron chi connectivity index (χ4n) is 12.8. The summed E-state index contributed by atoms with van der Waals surface area (Å²) in [5, 5.41) is 23.7. The molecule has 5 N–H and O–H groups in total. The van der Waals surface area contributed by atoms with Crippen molar-refractivity contribution in [3.05, 3.63) is 45.8 Å². The first-order chi connectivity index (χ1) is 40.4. The minimum atomic E-state index is -1.01. The minimum Gasteiger partial charge on any atom is -0.480 e. The number of hydrogen-bond acceptors (Lipinski definition) is 14. The molecule has 2 saturated carbocycles. The lowest BCUT2D eigenvalue weighted by Crippen LogP contribution is -2.50. The maximum atomic E-state index is 15.7. The van der Waals surface area contributed by atoms with Gasteiger partial charge in [0, 0.05) is 59.3 Å². The molecule has 3 aliphatic rings. The van der Waals surface area contributed by atoms with Crippen LogP contribution >= 0.6 is 11.8 Å². The number of carbonyl (C=O) groups excluding carboxylic acids is 5. The fraction of sp³-hybridized carbons (Fsp3) is 0.739. The Labute approximate surface area is 530 Å². The maximum absolute atomic E-state index is 15.7. The number of thioether (sulfide) groups is 1. The van der Waals surface area contributed by atoms with Crippen LogP contribution in [-0.2, 0) is 52.5 Å². The van der Waals surface area contributed by atoms with E-state index in [0.717, 1.165) is 38.5 Å². The summed E-state index contributed by atoms with van der Waals surface area (Å²) in [7, 11) is 0. The average Bonchev–Trinajstić information content (AvgIpc) is 1.50. The number of hydrogen-bond donors (Lipinski definition) is 5. The highest BCUT2D eigenvalue weighted by molar-refractivity contribution is 8.00. The molecule has 1 aromatic heterocycles. The zero-order valence-electron chi connectivity index (χ0n) is 57.2. The van der Waals surface area contributed by atoms with E-state index in [1.165, 1.54) is 11.8 Å². The number of carboxylic acids is 2. The average molecular weight is 1250 g/mol. The summed E-state index contributed by atoms with van der Waals surface area (Å²) in [6, 6.07) is 0. The summed E-state index contributed by atoms with van der Waals surface area (Å²) in [6.45, 7) is 46.1. The summed E-state index contributed by atoms with van der Waals surface area (Å²) in [4.78, 5) is 103. The third kappa shape index (κ3) is 21.2. The summed E-state index contributed by atoms with van der Waals surface area (Å²) >= 11 is 1.27. The number of rotatable bonds is 26. The van der Waals surface area contributed by atoms with Gasteiger partial charge in [-0.3, -0.25) is 9.59 Å². The number of amides is 2. The van der Waals surface area contributed by atoms with Gasteiger partial charge in [0.05, 0.1) is 10.9 Å². The molecule has 5 atom stereocenters. The van der Waals surface area contributed by atoms with E-state index in [2.05, 4.69) is 105 Å². The number of ether oxygens (including phenoxy) is 5. The van der Waals surface area contributed by atoms with Crippen molar-refractivity contribution in [1.29, 1.82) is 0 Å².